The van der Waals surface area contributed by atoms with E-state index in [0.717, 1.165) is 19.4 Å². The molecule has 1 fully saturated rings. The average molecular weight is 282 g/mol. The molecule has 1 aliphatic heterocycles. The summed E-state index contributed by atoms with van der Waals surface area (Å²) in [6, 6.07) is -0.0475. The van der Waals surface area contributed by atoms with Crippen molar-refractivity contribution in [1.82, 2.24) is 25.0 Å². The first-order valence-corrected chi connectivity index (χ1v) is 6.65. The number of aromatic nitrogens is 3. The zero-order chi connectivity index (χ0) is 11.6. The number of nitrogens with one attached hydrogen (secondary N) is 2. The number of hydrogen-bond donors (Lipinski definition) is 2. The van der Waals surface area contributed by atoms with Crippen LogP contribution < -0.4 is 10.0 Å². The van der Waals surface area contributed by atoms with E-state index in [1.807, 2.05) is 0 Å². The Balaban J connectivity index is 0.00000144. The normalized spacial score (nSPS) is 20.9. The van der Waals surface area contributed by atoms with Gasteiger partial charge in [-0.3, -0.25) is 0 Å². The molecule has 2 N–H and O–H groups in total. The van der Waals surface area contributed by atoms with Gasteiger partial charge in [0, 0.05) is 19.6 Å². The third-order valence-electron chi connectivity index (χ3n) is 2.57. The number of nitrogens with zero attached hydrogens (tertiary/aromatic N) is 3. The summed E-state index contributed by atoms with van der Waals surface area (Å²) in [7, 11) is -1.94. The minimum absolute atomic E-state index is 0. The monoisotopic (exact) mass is 281 g/mol. The highest BCUT2D eigenvalue weighted by molar-refractivity contribution is 7.89. The van der Waals surface area contributed by atoms with Crippen molar-refractivity contribution < 1.29 is 8.42 Å². The quantitative estimate of drug-likeness (QED) is 0.762. The van der Waals surface area contributed by atoms with Gasteiger partial charge in [0.1, 0.15) is 0 Å². The maximum Gasteiger partial charge on any atom is 0.259 e. The third-order valence-corrected chi connectivity index (χ3v) is 4.13. The molecule has 0 amide bonds. The summed E-state index contributed by atoms with van der Waals surface area (Å²) >= 11 is 0. The van der Waals surface area contributed by atoms with Crippen molar-refractivity contribution in [1.29, 1.82) is 0 Å². The predicted octanol–water partition coefficient (Wildman–Crippen LogP) is -0.733. The maximum absolute atomic E-state index is 11.9. The van der Waals surface area contributed by atoms with Crippen molar-refractivity contribution in [3.8, 4) is 0 Å². The number of aryl methyl sites for hydroxylation is 1. The van der Waals surface area contributed by atoms with E-state index in [0.29, 0.717) is 6.54 Å². The van der Waals surface area contributed by atoms with Gasteiger partial charge in [0.05, 0.1) is 6.20 Å². The molecule has 2 heterocycles. The van der Waals surface area contributed by atoms with Crippen LogP contribution in [0.15, 0.2) is 11.2 Å². The van der Waals surface area contributed by atoms with Crippen molar-refractivity contribution in [3.05, 3.63) is 6.20 Å². The molecule has 1 aromatic heterocycles. The van der Waals surface area contributed by atoms with E-state index in [9.17, 15) is 8.42 Å². The largest absolute Gasteiger partial charge is 0.315 e. The van der Waals surface area contributed by atoms with Gasteiger partial charge in [-0.2, -0.15) is 0 Å². The summed E-state index contributed by atoms with van der Waals surface area (Å²) in [5.41, 5.74) is 0. The van der Waals surface area contributed by atoms with Crippen LogP contribution in [0.4, 0.5) is 0 Å². The molecule has 1 atom stereocenters. The Bertz CT molecular complexity index is 454. The fraction of sp³-hybridized carbons (Fsp3) is 0.750. The van der Waals surface area contributed by atoms with Crippen LogP contribution in [0.25, 0.3) is 0 Å². The van der Waals surface area contributed by atoms with Gasteiger partial charge in [-0.25, -0.2) is 17.8 Å². The van der Waals surface area contributed by atoms with Crippen LogP contribution >= 0.6 is 12.4 Å². The first kappa shape index (κ1) is 14.4. The zero-order valence-electron chi connectivity index (χ0n) is 9.46. The standard InChI is InChI=1S/C8H15N5O2S.ClH/c1-13-8(6-10-12-13)16(14,15)11-7-3-2-4-9-5-7;/h6-7,9,11H,2-5H2,1H3;1H/t7-;/m0./s1. The number of sulfonamides is 1. The number of rotatable bonds is 3. The molecule has 0 aliphatic carbocycles. The molecule has 1 aromatic rings. The lowest BCUT2D eigenvalue weighted by Crippen LogP contribution is -2.45. The lowest BCUT2D eigenvalue weighted by Gasteiger charge is -2.23. The lowest BCUT2D eigenvalue weighted by atomic mass is 10.1. The van der Waals surface area contributed by atoms with Gasteiger partial charge in [-0.05, 0) is 19.4 Å². The summed E-state index contributed by atoms with van der Waals surface area (Å²) in [4.78, 5) is 0. The molecule has 2 rings (SSSR count). The Morgan fingerprint density at radius 2 is 2.35 bits per heavy atom. The first-order valence-electron chi connectivity index (χ1n) is 5.17. The van der Waals surface area contributed by atoms with E-state index < -0.39 is 10.0 Å². The third kappa shape index (κ3) is 3.38. The molecule has 0 bridgehead atoms. The van der Waals surface area contributed by atoms with E-state index in [2.05, 4.69) is 20.4 Å². The fourth-order valence-corrected chi connectivity index (χ4v) is 3.09. The van der Waals surface area contributed by atoms with E-state index in [1.54, 1.807) is 7.05 Å². The topological polar surface area (TPSA) is 88.9 Å². The van der Waals surface area contributed by atoms with Crippen molar-refractivity contribution >= 4 is 22.4 Å². The van der Waals surface area contributed by atoms with Gasteiger partial charge in [-0.1, -0.05) is 5.21 Å². The first-order chi connectivity index (χ1) is 7.59. The van der Waals surface area contributed by atoms with Gasteiger partial charge in [0.2, 0.25) is 0 Å². The number of piperidine rings is 1. The Hall–Kier alpha value is -0.700. The molecule has 9 heteroatoms. The molecule has 0 saturated carbocycles. The SMILES string of the molecule is Cl.Cn1nncc1S(=O)(=O)N[C@H]1CCCNC1. The van der Waals surface area contributed by atoms with E-state index >= 15 is 0 Å². The summed E-state index contributed by atoms with van der Waals surface area (Å²) in [5.74, 6) is 0. The van der Waals surface area contributed by atoms with Crippen LogP contribution in [0.1, 0.15) is 12.8 Å². The summed E-state index contributed by atoms with van der Waals surface area (Å²) in [6.07, 6.45) is 3.09. The summed E-state index contributed by atoms with van der Waals surface area (Å²) < 4.78 is 27.8. The molecule has 0 radical (unpaired) electrons. The van der Waals surface area contributed by atoms with Crippen molar-refractivity contribution in [2.24, 2.45) is 7.05 Å². The van der Waals surface area contributed by atoms with Crippen molar-refractivity contribution in [3.63, 3.8) is 0 Å². The van der Waals surface area contributed by atoms with Crippen molar-refractivity contribution in [2.45, 2.75) is 23.9 Å². The predicted molar refractivity (Wildman–Crippen MR) is 64.5 cm³/mol. The fourth-order valence-electron chi connectivity index (χ4n) is 1.76. The van der Waals surface area contributed by atoms with Gasteiger partial charge >= 0.3 is 0 Å². The van der Waals surface area contributed by atoms with Crippen LogP contribution in [0.2, 0.25) is 0 Å². The average Bonchev–Trinajstić information content (AvgIpc) is 2.66. The molecular weight excluding hydrogens is 266 g/mol. The smallest absolute Gasteiger partial charge is 0.259 e. The Morgan fingerprint density at radius 3 is 2.88 bits per heavy atom. The maximum atomic E-state index is 11.9. The summed E-state index contributed by atoms with van der Waals surface area (Å²) in [5, 5.41) is 10.4. The molecule has 17 heavy (non-hydrogen) atoms. The van der Waals surface area contributed by atoms with Crippen LogP contribution in [0.3, 0.4) is 0 Å². The molecule has 7 nitrogen and oxygen atoms in total. The van der Waals surface area contributed by atoms with E-state index in [1.165, 1.54) is 10.9 Å². The zero-order valence-corrected chi connectivity index (χ0v) is 11.1. The molecule has 0 unspecified atom stereocenters. The van der Waals surface area contributed by atoms with Crippen LogP contribution in [0.5, 0.6) is 0 Å². The van der Waals surface area contributed by atoms with Gasteiger partial charge in [0.25, 0.3) is 10.0 Å². The molecule has 98 valence electrons. The molecule has 0 spiro atoms. The highest BCUT2D eigenvalue weighted by Gasteiger charge is 2.24. The number of hydrogen-bond acceptors (Lipinski definition) is 5. The van der Waals surface area contributed by atoms with E-state index in [-0.39, 0.29) is 23.5 Å². The van der Waals surface area contributed by atoms with Crippen LogP contribution in [-0.2, 0) is 17.1 Å². The molecular formula is C8H16ClN5O2S. The van der Waals surface area contributed by atoms with E-state index in [4.69, 9.17) is 0 Å². The second kappa shape index (κ2) is 5.76. The summed E-state index contributed by atoms with van der Waals surface area (Å²) in [6.45, 7) is 1.62. The highest BCUT2D eigenvalue weighted by Crippen LogP contribution is 2.08. The van der Waals surface area contributed by atoms with Crippen molar-refractivity contribution in [2.75, 3.05) is 13.1 Å². The lowest BCUT2D eigenvalue weighted by molar-refractivity contribution is 0.427. The Labute approximate surface area is 106 Å². The Kier molecular flexibility index (Phi) is 4.87. The minimum atomic E-state index is -3.50. The van der Waals surface area contributed by atoms with Gasteiger partial charge in [-0.15, -0.1) is 17.5 Å². The van der Waals surface area contributed by atoms with Crippen LogP contribution in [-0.4, -0.2) is 42.5 Å². The molecule has 1 saturated heterocycles. The van der Waals surface area contributed by atoms with Gasteiger partial charge < -0.3 is 5.32 Å². The highest BCUT2D eigenvalue weighted by atomic mass is 35.5. The van der Waals surface area contributed by atoms with Gasteiger partial charge in [0.15, 0.2) is 5.03 Å². The molecule has 1 aliphatic rings. The second-order valence-corrected chi connectivity index (χ2v) is 5.52. The number of halogens is 1. The van der Waals surface area contributed by atoms with Crippen LogP contribution in [0, 0.1) is 0 Å². The molecule has 0 aromatic carbocycles. The minimum Gasteiger partial charge on any atom is -0.315 e. The second-order valence-electron chi connectivity index (χ2n) is 3.86. The Morgan fingerprint density at radius 1 is 1.59 bits per heavy atom.